The number of piperidine rings is 1. The fraction of sp³-hybridized carbons (Fsp3) is 0.565. The van der Waals surface area contributed by atoms with Gasteiger partial charge in [-0.15, -0.1) is 10.2 Å². The highest BCUT2D eigenvalue weighted by Crippen LogP contribution is 2.46. The van der Waals surface area contributed by atoms with E-state index in [0.29, 0.717) is 18.0 Å². The molecule has 5 nitrogen and oxygen atoms in total. The van der Waals surface area contributed by atoms with Gasteiger partial charge in [0.05, 0.1) is 0 Å². The largest absolute Gasteiger partial charge is 0.361 e. The van der Waals surface area contributed by atoms with Gasteiger partial charge in [0.25, 0.3) is 0 Å². The fourth-order valence-corrected chi connectivity index (χ4v) is 5.68. The average Bonchev–Trinajstić information content (AvgIpc) is 3.37. The van der Waals surface area contributed by atoms with Crippen LogP contribution < -0.4 is 0 Å². The Balaban J connectivity index is 1.30. The minimum Gasteiger partial charge on any atom is -0.361 e. The van der Waals surface area contributed by atoms with E-state index in [4.69, 9.17) is 0 Å². The van der Waals surface area contributed by atoms with Crippen molar-refractivity contribution in [2.24, 2.45) is 0 Å². The molecule has 0 saturated carbocycles. The van der Waals surface area contributed by atoms with Crippen LogP contribution in [0.4, 0.5) is 0 Å². The van der Waals surface area contributed by atoms with Crippen molar-refractivity contribution in [1.82, 2.24) is 24.6 Å². The first-order valence-electron chi connectivity index (χ1n) is 10.9. The van der Waals surface area contributed by atoms with Crippen LogP contribution in [0.15, 0.2) is 36.8 Å². The third-order valence-corrected chi connectivity index (χ3v) is 6.96. The monoisotopic (exact) mass is 377 g/mol. The minimum absolute atomic E-state index is 0.433. The SMILES string of the molecule is CC(C)n1cnnc1CCCN1C2CCCC1C(c1c[nH]c3ccccc13)C2. The highest BCUT2D eigenvalue weighted by molar-refractivity contribution is 5.83. The van der Waals surface area contributed by atoms with E-state index in [1.54, 1.807) is 0 Å². The number of benzene rings is 1. The maximum Gasteiger partial charge on any atom is 0.133 e. The summed E-state index contributed by atoms with van der Waals surface area (Å²) in [6, 6.07) is 10.7. The van der Waals surface area contributed by atoms with Crippen molar-refractivity contribution in [3.63, 3.8) is 0 Å². The molecule has 0 amide bonds. The quantitative estimate of drug-likeness (QED) is 0.678. The predicted molar refractivity (Wildman–Crippen MR) is 113 cm³/mol. The number of aromatic nitrogens is 4. The molecule has 2 aliphatic rings. The van der Waals surface area contributed by atoms with Gasteiger partial charge in [-0.2, -0.15) is 0 Å². The van der Waals surface area contributed by atoms with Gasteiger partial charge in [-0.3, -0.25) is 4.90 Å². The van der Waals surface area contributed by atoms with Crippen LogP contribution >= 0.6 is 0 Å². The first kappa shape index (κ1) is 17.9. The van der Waals surface area contributed by atoms with Crippen molar-refractivity contribution in [1.29, 1.82) is 0 Å². The zero-order valence-corrected chi connectivity index (χ0v) is 17.0. The van der Waals surface area contributed by atoms with Crippen LogP contribution in [-0.4, -0.2) is 43.3 Å². The molecule has 1 aromatic carbocycles. The van der Waals surface area contributed by atoms with Crippen molar-refractivity contribution >= 4 is 10.9 Å². The van der Waals surface area contributed by atoms with E-state index >= 15 is 0 Å². The molecule has 3 aromatic rings. The lowest BCUT2D eigenvalue weighted by atomic mass is 9.90. The van der Waals surface area contributed by atoms with E-state index in [1.165, 1.54) is 55.1 Å². The number of fused-ring (bicyclic) bond motifs is 3. The molecule has 4 heterocycles. The molecule has 0 aliphatic carbocycles. The van der Waals surface area contributed by atoms with Crippen molar-refractivity contribution in [3.8, 4) is 0 Å². The Morgan fingerprint density at radius 1 is 1.21 bits per heavy atom. The Morgan fingerprint density at radius 3 is 3.00 bits per heavy atom. The van der Waals surface area contributed by atoms with Crippen LogP contribution in [0.1, 0.15) is 69.3 Å². The highest BCUT2D eigenvalue weighted by Gasteiger charge is 2.44. The van der Waals surface area contributed by atoms with E-state index in [2.05, 4.69) is 69.0 Å². The lowest BCUT2D eigenvalue weighted by molar-refractivity contribution is 0.134. The summed E-state index contributed by atoms with van der Waals surface area (Å²) in [6.45, 7) is 5.58. The van der Waals surface area contributed by atoms with Gasteiger partial charge in [0.2, 0.25) is 0 Å². The molecule has 28 heavy (non-hydrogen) atoms. The normalized spacial score (nSPS) is 25.2. The van der Waals surface area contributed by atoms with Crippen molar-refractivity contribution < 1.29 is 0 Å². The first-order valence-corrected chi connectivity index (χ1v) is 10.9. The van der Waals surface area contributed by atoms with Gasteiger partial charge < -0.3 is 9.55 Å². The third-order valence-electron chi connectivity index (χ3n) is 6.96. The number of nitrogens with zero attached hydrogens (tertiary/aromatic N) is 4. The lowest BCUT2D eigenvalue weighted by Gasteiger charge is -2.35. The topological polar surface area (TPSA) is 49.7 Å². The number of para-hydroxylation sites is 1. The van der Waals surface area contributed by atoms with Crippen molar-refractivity contribution in [3.05, 3.63) is 48.2 Å². The second-order valence-corrected chi connectivity index (χ2v) is 8.87. The molecule has 2 fully saturated rings. The molecule has 3 atom stereocenters. The van der Waals surface area contributed by atoms with E-state index in [9.17, 15) is 0 Å². The fourth-order valence-electron chi connectivity index (χ4n) is 5.68. The van der Waals surface area contributed by atoms with E-state index in [0.717, 1.165) is 18.3 Å². The van der Waals surface area contributed by atoms with Crippen molar-refractivity contribution in [2.45, 2.75) is 76.4 Å². The summed E-state index contributed by atoms with van der Waals surface area (Å²) in [7, 11) is 0. The van der Waals surface area contributed by atoms with Gasteiger partial charge in [-0.25, -0.2) is 0 Å². The number of nitrogens with one attached hydrogen (secondary N) is 1. The molecule has 5 heteroatoms. The van der Waals surface area contributed by atoms with Gasteiger partial charge in [-0.1, -0.05) is 24.6 Å². The molecule has 2 saturated heterocycles. The smallest absolute Gasteiger partial charge is 0.133 e. The number of rotatable bonds is 6. The van der Waals surface area contributed by atoms with Crippen LogP contribution in [0, 0.1) is 0 Å². The van der Waals surface area contributed by atoms with Gasteiger partial charge in [0.1, 0.15) is 12.2 Å². The number of aryl methyl sites for hydroxylation is 1. The summed E-state index contributed by atoms with van der Waals surface area (Å²) in [5.41, 5.74) is 2.81. The summed E-state index contributed by atoms with van der Waals surface area (Å²) in [5.74, 6) is 1.80. The van der Waals surface area contributed by atoms with Crippen molar-refractivity contribution in [2.75, 3.05) is 6.54 Å². The van der Waals surface area contributed by atoms with Gasteiger partial charge in [0, 0.05) is 47.6 Å². The number of hydrogen-bond acceptors (Lipinski definition) is 3. The van der Waals surface area contributed by atoms with Gasteiger partial charge >= 0.3 is 0 Å². The molecular formula is C23H31N5. The maximum atomic E-state index is 4.35. The summed E-state index contributed by atoms with van der Waals surface area (Å²) < 4.78 is 2.21. The summed E-state index contributed by atoms with van der Waals surface area (Å²) in [4.78, 5) is 6.33. The minimum atomic E-state index is 0.433. The van der Waals surface area contributed by atoms with Crippen LogP contribution in [0.5, 0.6) is 0 Å². The van der Waals surface area contributed by atoms with Crippen LogP contribution in [0.25, 0.3) is 10.9 Å². The predicted octanol–water partition coefficient (Wildman–Crippen LogP) is 4.68. The molecule has 5 rings (SSSR count). The average molecular weight is 378 g/mol. The van der Waals surface area contributed by atoms with Crippen LogP contribution in [0.2, 0.25) is 0 Å². The second kappa shape index (κ2) is 7.36. The van der Waals surface area contributed by atoms with E-state index in [1.807, 2.05) is 6.33 Å². The standard InChI is InChI=1S/C23H31N5/c1-16(2)28-15-25-26-23(28)11-6-12-27-17-7-5-10-22(27)19(13-17)20-14-24-21-9-4-3-8-18(20)21/h3-4,8-9,14-17,19,22,24H,5-7,10-13H2,1-2H3. The van der Waals surface area contributed by atoms with Gasteiger partial charge in [0.15, 0.2) is 0 Å². The van der Waals surface area contributed by atoms with E-state index in [-0.39, 0.29) is 0 Å². The Labute approximate surface area is 167 Å². The van der Waals surface area contributed by atoms with Crippen LogP contribution in [-0.2, 0) is 6.42 Å². The molecule has 148 valence electrons. The number of H-pyrrole nitrogens is 1. The summed E-state index contributed by atoms with van der Waals surface area (Å²) in [6.07, 6.45) is 11.7. The number of hydrogen-bond donors (Lipinski definition) is 1. The number of aromatic amines is 1. The Kier molecular flexibility index (Phi) is 4.71. The lowest BCUT2D eigenvalue weighted by Crippen LogP contribution is -2.41. The highest BCUT2D eigenvalue weighted by atomic mass is 15.3. The molecule has 2 bridgehead atoms. The summed E-state index contributed by atoms with van der Waals surface area (Å²) in [5, 5.41) is 9.90. The molecule has 3 unspecified atom stereocenters. The maximum absolute atomic E-state index is 4.35. The molecular weight excluding hydrogens is 346 g/mol. The zero-order chi connectivity index (χ0) is 19.1. The van der Waals surface area contributed by atoms with E-state index < -0.39 is 0 Å². The third kappa shape index (κ3) is 3.06. The molecule has 0 radical (unpaired) electrons. The Bertz CT molecular complexity index is 939. The molecule has 2 aliphatic heterocycles. The molecule has 0 spiro atoms. The Morgan fingerprint density at radius 2 is 2.11 bits per heavy atom. The Hall–Kier alpha value is -2.14. The van der Waals surface area contributed by atoms with Crippen LogP contribution in [0.3, 0.4) is 0 Å². The van der Waals surface area contributed by atoms with Gasteiger partial charge in [-0.05, 0) is 57.7 Å². The zero-order valence-electron chi connectivity index (χ0n) is 17.0. The second-order valence-electron chi connectivity index (χ2n) is 8.87. The molecule has 1 N–H and O–H groups in total. The summed E-state index contributed by atoms with van der Waals surface area (Å²) >= 11 is 0. The molecule has 2 aromatic heterocycles. The first-order chi connectivity index (χ1) is 13.7.